The Kier molecular flexibility index (Phi) is 6.62. The van der Waals surface area contributed by atoms with E-state index in [1.54, 1.807) is 18.2 Å². The Morgan fingerprint density at radius 3 is 2.70 bits per heavy atom. The lowest BCUT2D eigenvalue weighted by Crippen LogP contribution is -2.39. The molecule has 1 aromatic heterocycles. The van der Waals surface area contributed by atoms with Gasteiger partial charge in [0.25, 0.3) is 0 Å². The zero-order chi connectivity index (χ0) is 19.2. The van der Waals surface area contributed by atoms with E-state index in [1.165, 1.54) is 6.33 Å². The molecule has 0 bridgehead atoms. The largest absolute Gasteiger partial charge is 0.379 e. The number of hydrogen-bond acceptors (Lipinski definition) is 8. The SMILES string of the molecule is O=[N+]([O-])c1c(NCCN2CCOCC2)ncnc1Nc1cc(Cl)ccc1Cl. The molecule has 11 heteroatoms. The number of ether oxygens (including phenoxy) is 1. The zero-order valence-electron chi connectivity index (χ0n) is 14.3. The zero-order valence-corrected chi connectivity index (χ0v) is 15.8. The van der Waals surface area contributed by atoms with Gasteiger partial charge in [-0.1, -0.05) is 23.2 Å². The number of aromatic nitrogens is 2. The minimum Gasteiger partial charge on any atom is -0.379 e. The fraction of sp³-hybridized carbons (Fsp3) is 0.375. The first-order valence-corrected chi connectivity index (χ1v) is 9.05. The van der Waals surface area contributed by atoms with Crippen LogP contribution in [-0.2, 0) is 4.74 Å². The number of hydrogen-bond donors (Lipinski definition) is 2. The monoisotopic (exact) mass is 412 g/mol. The van der Waals surface area contributed by atoms with Crippen molar-refractivity contribution in [2.75, 3.05) is 50.0 Å². The van der Waals surface area contributed by atoms with E-state index >= 15 is 0 Å². The summed E-state index contributed by atoms with van der Waals surface area (Å²) < 4.78 is 5.30. The van der Waals surface area contributed by atoms with Crippen LogP contribution in [0.25, 0.3) is 0 Å². The fourth-order valence-corrected chi connectivity index (χ4v) is 2.99. The molecule has 1 aliphatic heterocycles. The van der Waals surface area contributed by atoms with Crippen molar-refractivity contribution < 1.29 is 9.66 Å². The van der Waals surface area contributed by atoms with E-state index in [-0.39, 0.29) is 17.3 Å². The van der Waals surface area contributed by atoms with Gasteiger partial charge in [0.05, 0.1) is 28.8 Å². The molecule has 1 aliphatic rings. The molecule has 27 heavy (non-hydrogen) atoms. The number of anilines is 3. The van der Waals surface area contributed by atoms with Crippen LogP contribution in [0.5, 0.6) is 0 Å². The van der Waals surface area contributed by atoms with Crippen molar-refractivity contribution in [2.24, 2.45) is 0 Å². The van der Waals surface area contributed by atoms with Crippen LogP contribution < -0.4 is 10.6 Å². The van der Waals surface area contributed by atoms with Crippen LogP contribution in [0, 0.1) is 10.1 Å². The summed E-state index contributed by atoms with van der Waals surface area (Å²) in [7, 11) is 0. The molecule has 2 heterocycles. The lowest BCUT2D eigenvalue weighted by molar-refractivity contribution is -0.383. The lowest BCUT2D eigenvalue weighted by atomic mass is 10.3. The first-order chi connectivity index (χ1) is 13.0. The molecule has 9 nitrogen and oxygen atoms in total. The first-order valence-electron chi connectivity index (χ1n) is 8.30. The van der Waals surface area contributed by atoms with Gasteiger partial charge in [0.1, 0.15) is 6.33 Å². The molecule has 0 radical (unpaired) electrons. The number of benzene rings is 1. The van der Waals surface area contributed by atoms with Crippen molar-refractivity contribution in [1.82, 2.24) is 14.9 Å². The minimum absolute atomic E-state index is 0.0352. The molecule has 2 aromatic rings. The van der Waals surface area contributed by atoms with E-state index in [2.05, 4.69) is 25.5 Å². The predicted octanol–water partition coefficient (Wildman–Crippen LogP) is 3.18. The van der Waals surface area contributed by atoms with Gasteiger partial charge in [0.2, 0.25) is 11.6 Å². The second-order valence-corrected chi connectivity index (χ2v) is 6.65. The van der Waals surface area contributed by atoms with Crippen molar-refractivity contribution in [3.63, 3.8) is 0 Å². The molecule has 0 aliphatic carbocycles. The van der Waals surface area contributed by atoms with Gasteiger partial charge in [0.15, 0.2) is 0 Å². The van der Waals surface area contributed by atoms with Gasteiger partial charge in [0, 0.05) is 31.2 Å². The third-order valence-corrected chi connectivity index (χ3v) is 4.58. The van der Waals surface area contributed by atoms with Crippen LogP contribution in [0.4, 0.5) is 23.0 Å². The van der Waals surface area contributed by atoms with Gasteiger partial charge in [-0.15, -0.1) is 0 Å². The Morgan fingerprint density at radius 2 is 1.96 bits per heavy atom. The number of nitrogens with zero attached hydrogens (tertiary/aromatic N) is 4. The average molecular weight is 413 g/mol. The van der Waals surface area contributed by atoms with Crippen molar-refractivity contribution >= 4 is 46.2 Å². The second-order valence-electron chi connectivity index (χ2n) is 5.81. The lowest BCUT2D eigenvalue weighted by Gasteiger charge is -2.26. The molecule has 2 N–H and O–H groups in total. The van der Waals surface area contributed by atoms with Gasteiger partial charge >= 0.3 is 5.69 Å². The maximum Gasteiger partial charge on any atom is 0.353 e. The number of halogens is 2. The van der Waals surface area contributed by atoms with Crippen molar-refractivity contribution in [2.45, 2.75) is 0 Å². The van der Waals surface area contributed by atoms with E-state index < -0.39 is 4.92 Å². The minimum atomic E-state index is -0.530. The van der Waals surface area contributed by atoms with E-state index in [0.717, 1.165) is 19.6 Å². The molecule has 0 atom stereocenters. The van der Waals surface area contributed by atoms with Crippen LogP contribution in [0.3, 0.4) is 0 Å². The first kappa shape index (κ1) is 19.6. The summed E-state index contributed by atoms with van der Waals surface area (Å²) >= 11 is 12.1. The Hall–Kier alpha value is -2.20. The normalized spacial score (nSPS) is 14.7. The summed E-state index contributed by atoms with van der Waals surface area (Å²) in [5.41, 5.74) is 0.167. The molecule has 3 rings (SSSR count). The molecule has 1 saturated heterocycles. The molecule has 1 aromatic carbocycles. The summed E-state index contributed by atoms with van der Waals surface area (Å²) in [6.07, 6.45) is 1.25. The highest BCUT2D eigenvalue weighted by molar-refractivity contribution is 6.35. The standard InChI is InChI=1S/C16H18Cl2N6O3/c17-11-1-2-12(18)13(9-11)22-16-14(24(25)26)15(20-10-21-16)19-3-4-23-5-7-27-8-6-23/h1-2,9-10H,3-8H2,(H2,19,20,21,22). The fourth-order valence-electron chi connectivity index (χ4n) is 2.65. The van der Waals surface area contributed by atoms with Gasteiger partial charge in [-0.2, -0.15) is 0 Å². The topological polar surface area (TPSA) is 105 Å². The van der Waals surface area contributed by atoms with E-state index in [1.807, 2.05) is 0 Å². The predicted molar refractivity (Wildman–Crippen MR) is 104 cm³/mol. The van der Waals surface area contributed by atoms with Gasteiger partial charge < -0.3 is 15.4 Å². The van der Waals surface area contributed by atoms with Crippen LogP contribution in [-0.4, -0.2) is 59.2 Å². The number of nitro groups is 1. The molecular weight excluding hydrogens is 395 g/mol. The Balaban J connectivity index is 1.75. The Morgan fingerprint density at radius 1 is 1.22 bits per heavy atom. The third-order valence-electron chi connectivity index (χ3n) is 4.01. The highest BCUT2D eigenvalue weighted by atomic mass is 35.5. The number of rotatable bonds is 7. The summed E-state index contributed by atoms with van der Waals surface area (Å²) in [6, 6.07) is 4.80. The van der Waals surface area contributed by atoms with Crippen LogP contribution >= 0.6 is 23.2 Å². The van der Waals surface area contributed by atoms with Gasteiger partial charge in [-0.3, -0.25) is 15.0 Å². The smallest absolute Gasteiger partial charge is 0.353 e. The van der Waals surface area contributed by atoms with Crippen molar-refractivity contribution in [3.05, 3.63) is 44.7 Å². The average Bonchev–Trinajstić information content (AvgIpc) is 2.65. The number of nitrogens with one attached hydrogen (secondary N) is 2. The Labute approximate surface area is 165 Å². The molecular formula is C16H18Cl2N6O3. The summed E-state index contributed by atoms with van der Waals surface area (Å²) in [4.78, 5) is 21.3. The third kappa shape index (κ3) is 5.16. The summed E-state index contributed by atoms with van der Waals surface area (Å²) in [6.45, 7) is 4.31. The summed E-state index contributed by atoms with van der Waals surface area (Å²) in [5, 5.41) is 18.3. The highest BCUT2D eigenvalue weighted by Crippen LogP contribution is 2.34. The maximum absolute atomic E-state index is 11.6. The molecule has 0 saturated carbocycles. The van der Waals surface area contributed by atoms with Crippen LogP contribution in [0.2, 0.25) is 10.0 Å². The second kappa shape index (κ2) is 9.14. The quantitative estimate of drug-likeness (QED) is 0.527. The van der Waals surface area contributed by atoms with Crippen LogP contribution in [0.15, 0.2) is 24.5 Å². The van der Waals surface area contributed by atoms with Crippen molar-refractivity contribution in [3.8, 4) is 0 Å². The summed E-state index contributed by atoms with van der Waals surface area (Å²) in [5.74, 6) is 0.178. The van der Waals surface area contributed by atoms with E-state index in [4.69, 9.17) is 27.9 Å². The molecule has 144 valence electrons. The molecule has 0 spiro atoms. The van der Waals surface area contributed by atoms with E-state index in [0.29, 0.717) is 35.5 Å². The van der Waals surface area contributed by atoms with Gasteiger partial charge in [-0.05, 0) is 18.2 Å². The molecule has 0 amide bonds. The maximum atomic E-state index is 11.6. The van der Waals surface area contributed by atoms with Crippen LogP contribution in [0.1, 0.15) is 0 Å². The highest BCUT2D eigenvalue weighted by Gasteiger charge is 2.23. The molecule has 0 unspecified atom stereocenters. The molecule has 1 fully saturated rings. The van der Waals surface area contributed by atoms with Gasteiger partial charge in [-0.25, -0.2) is 9.97 Å². The van der Waals surface area contributed by atoms with E-state index in [9.17, 15) is 10.1 Å². The Bertz CT molecular complexity index is 817. The van der Waals surface area contributed by atoms with Crippen molar-refractivity contribution in [1.29, 1.82) is 0 Å². The number of morpholine rings is 1.